The first-order valence-electron chi connectivity index (χ1n) is 3.13. The van der Waals surface area contributed by atoms with Gasteiger partial charge in [0.25, 0.3) is 5.91 Å². The van der Waals surface area contributed by atoms with Crippen molar-refractivity contribution in [2.75, 3.05) is 13.7 Å². The molecule has 0 heterocycles. The van der Waals surface area contributed by atoms with Gasteiger partial charge in [-0.1, -0.05) is 0 Å². The quantitative estimate of drug-likeness (QED) is 0.462. The van der Waals surface area contributed by atoms with Crippen LogP contribution in [0.3, 0.4) is 0 Å². The van der Waals surface area contributed by atoms with E-state index in [9.17, 15) is 4.79 Å². The number of rotatable bonds is 3. The molecule has 4 heteroatoms. The van der Waals surface area contributed by atoms with Crippen molar-refractivity contribution in [2.45, 2.75) is 19.2 Å². The molecule has 0 rings (SSSR count). The highest BCUT2D eigenvalue weighted by Crippen LogP contribution is 2.00. The highest BCUT2D eigenvalue weighted by molar-refractivity contribution is 6.30. The van der Waals surface area contributed by atoms with Crippen molar-refractivity contribution in [3.8, 4) is 0 Å². The lowest BCUT2D eigenvalue weighted by atomic mass is 10.4. The minimum Gasteiger partial charge on any atom is -0.274 e. The Morgan fingerprint density at radius 3 is 2.40 bits per heavy atom. The molecule has 0 fully saturated rings. The third kappa shape index (κ3) is 2.54. The molecule has 0 aliphatic carbocycles. The van der Waals surface area contributed by atoms with Gasteiger partial charge in [-0.2, -0.15) is 0 Å². The fraction of sp³-hybridized carbons (Fsp3) is 0.833. The maximum atomic E-state index is 11.0. The average molecular weight is 166 g/mol. The Labute approximate surface area is 65.9 Å². The largest absolute Gasteiger partial charge is 0.274 e. The summed E-state index contributed by atoms with van der Waals surface area (Å²) in [5.41, 5.74) is 0. The average Bonchev–Trinajstić information content (AvgIpc) is 1.90. The first-order chi connectivity index (χ1) is 4.63. The number of nitrogens with zero attached hydrogens (tertiary/aromatic N) is 1. The molecule has 0 saturated carbocycles. The normalized spacial score (nSPS) is 12.8. The molecule has 0 aromatic rings. The molecule has 10 heavy (non-hydrogen) atoms. The zero-order chi connectivity index (χ0) is 8.15. The van der Waals surface area contributed by atoms with Gasteiger partial charge in [0.2, 0.25) is 0 Å². The molecule has 60 valence electrons. The number of carbonyl (C=O) groups is 1. The first kappa shape index (κ1) is 9.72. The fourth-order valence-electron chi connectivity index (χ4n) is 0.573. The topological polar surface area (TPSA) is 29.5 Å². The molecule has 3 nitrogen and oxygen atoms in total. The van der Waals surface area contributed by atoms with E-state index in [1.807, 2.05) is 6.92 Å². The van der Waals surface area contributed by atoms with Crippen LogP contribution in [0, 0.1) is 0 Å². The van der Waals surface area contributed by atoms with Crippen LogP contribution in [-0.4, -0.2) is 30.0 Å². The second-order valence-electron chi connectivity index (χ2n) is 1.83. The van der Waals surface area contributed by atoms with Crippen LogP contribution in [-0.2, 0) is 9.63 Å². The summed E-state index contributed by atoms with van der Waals surface area (Å²) in [5, 5.41) is 0.706. The van der Waals surface area contributed by atoms with E-state index < -0.39 is 5.38 Å². The predicted octanol–water partition coefficient (Wildman–Crippen LogP) is 1.02. The molecule has 0 spiro atoms. The summed E-state index contributed by atoms with van der Waals surface area (Å²) in [4.78, 5) is 15.7. The maximum absolute atomic E-state index is 11.0. The summed E-state index contributed by atoms with van der Waals surface area (Å²) in [6, 6.07) is 0. The standard InChI is InChI=1S/C6H12ClNO2/c1-4-8(10-3)6(9)5(2)7/h5H,4H2,1-3H3. The predicted molar refractivity (Wildman–Crippen MR) is 39.7 cm³/mol. The SMILES string of the molecule is CCN(OC)C(=O)C(C)Cl. The van der Waals surface area contributed by atoms with Crippen LogP contribution in [0.1, 0.15) is 13.8 Å². The third-order valence-electron chi connectivity index (χ3n) is 1.09. The number of hydroxylamine groups is 2. The number of halogens is 1. The summed E-state index contributed by atoms with van der Waals surface area (Å²) >= 11 is 5.51. The molecule has 0 bridgehead atoms. The zero-order valence-corrected chi connectivity index (χ0v) is 7.18. The van der Waals surface area contributed by atoms with Gasteiger partial charge in [-0.15, -0.1) is 11.6 Å². The lowest BCUT2D eigenvalue weighted by Crippen LogP contribution is -2.34. The Kier molecular flexibility index (Phi) is 4.40. The van der Waals surface area contributed by atoms with Gasteiger partial charge in [0.15, 0.2) is 0 Å². The fourth-order valence-corrected chi connectivity index (χ4v) is 0.682. The van der Waals surface area contributed by atoms with Crippen molar-refractivity contribution in [3.05, 3.63) is 0 Å². The van der Waals surface area contributed by atoms with E-state index in [1.165, 1.54) is 12.2 Å². The van der Waals surface area contributed by atoms with Crippen molar-refractivity contribution in [3.63, 3.8) is 0 Å². The molecule has 0 saturated heterocycles. The highest BCUT2D eigenvalue weighted by atomic mass is 35.5. The van der Waals surface area contributed by atoms with E-state index in [1.54, 1.807) is 6.92 Å². The van der Waals surface area contributed by atoms with Crippen LogP contribution in [0.25, 0.3) is 0 Å². The van der Waals surface area contributed by atoms with Crippen molar-refractivity contribution in [2.24, 2.45) is 0 Å². The highest BCUT2D eigenvalue weighted by Gasteiger charge is 2.15. The molecule has 0 aliphatic rings. The number of hydrogen-bond acceptors (Lipinski definition) is 2. The first-order valence-corrected chi connectivity index (χ1v) is 3.56. The summed E-state index contributed by atoms with van der Waals surface area (Å²) in [7, 11) is 1.45. The van der Waals surface area contributed by atoms with Gasteiger partial charge in [-0.3, -0.25) is 9.63 Å². The van der Waals surface area contributed by atoms with Crippen molar-refractivity contribution >= 4 is 17.5 Å². The molecule has 0 aliphatic heterocycles. The molecular formula is C6H12ClNO2. The maximum Gasteiger partial charge on any atom is 0.263 e. The van der Waals surface area contributed by atoms with Gasteiger partial charge in [0.05, 0.1) is 7.11 Å². The molecule has 0 aromatic carbocycles. The van der Waals surface area contributed by atoms with Crippen LogP contribution in [0.5, 0.6) is 0 Å². The van der Waals surface area contributed by atoms with E-state index in [2.05, 4.69) is 0 Å². The number of amides is 1. The van der Waals surface area contributed by atoms with Crippen molar-refractivity contribution in [1.29, 1.82) is 0 Å². The van der Waals surface area contributed by atoms with Crippen LogP contribution in [0.4, 0.5) is 0 Å². The summed E-state index contributed by atoms with van der Waals surface area (Å²) in [6.45, 7) is 3.96. The van der Waals surface area contributed by atoms with Gasteiger partial charge >= 0.3 is 0 Å². The summed E-state index contributed by atoms with van der Waals surface area (Å²) in [5.74, 6) is -0.202. The van der Waals surface area contributed by atoms with E-state index in [0.29, 0.717) is 6.54 Å². The van der Waals surface area contributed by atoms with Gasteiger partial charge in [0, 0.05) is 6.54 Å². The minimum atomic E-state index is -0.514. The van der Waals surface area contributed by atoms with Crippen LogP contribution in [0.15, 0.2) is 0 Å². The molecule has 1 amide bonds. The zero-order valence-electron chi connectivity index (χ0n) is 6.43. The van der Waals surface area contributed by atoms with E-state index in [4.69, 9.17) is 16.4 Å². The lowest BCUT2D eigenvalue weighted by Gasteiger charge is -2.18. The Hall–Kier alpha value is -0.280. The molecular weight excluding hydrogens is 154 g/mol. The van der Waals surface area contributed by atoms with Crippen molar-refractivity contribution < 1.29 is 9.63 Å². The smallest absolute Gasteiger partial charge is 0.263 e. The molecule has 0 aromatic heterocycles. The summed E-state index contributed by atoms with van der Waals surface area (Å²) < 4.78 is 0. The molecule has 0 radical (unpaired) electrons. The minimum absolute atomic E-state index is 0.202. The number of carbonyl (C=O) groups excluding carboxylic acids is 1. The number of alkyl halides is 1. The third-order valence-corrected chi connectivity index (χ3v) is 1.28. The molecule has 0 N–H and O–H groups in total. The van der Waals surface area contributed by atoms with Gasteiger partial charge < -0.3 is 0 Å². The van der Waals surface area contributed by atoms with Crippen LogP contribution >= 0.6 is 11.6 Å². The van der Waals surface area contributed by atoms with E-state index in [-0.39, 0.29) is 5.91 Å². The Morgan fingerprint density at radius 1 is 1.80 bits per heavy atom. The van der Waals surface area contributed by atoms with Crippen LogP contribution < -0.4 is 0 Å². The van der Waals surface area contributed by atoms with Gasteiger partial charge in [0.1, 0.15) is 5.38 Å². The summed E-state index contributed by atoms with van der Waals surface area (Å²) in [6.07, 6.45) is 0. The monoisotopic (exact) mass is 165 g/mol. The van der Waals surface area contributed by atoms with Crippen molar-refractivity contribution in [1.82, 2.24) is 5.06 Å². The Bertz CT molecular complexity index is 112. The second-order valence-corrected chi connectivity index (χ2v) is 2.49. The second kappa shape index (κ2) is 4.52. The van der Waals surface area contributed by atoms with Crippen LogP contribution in [0.2, 0.25) is 0 Å². The van der Waals surface area contributed by atoms with E-state index >= 15 is 0 Å². The molecule has 1 atom stereocenters. The van der Waals surface area contributed by atoms with E-state index in [0.717, 1.165) is 0 Å². The number of hydrogen-bond donors (Lipinski definition) is 0. The Balaban J connectivity index is 3.89. The Morgan fingerprint density at radius 2 is 2.30 bits per heavy atom. The van der Waals surface area contributed by atoms with Gasteiger partial charge in [-0.05, 0) is 13.8 Å². The lowest BCUT2D eigenvalue weighted by molar-refractivity contribution is -0.173. The van der Waals surface area contributed by atoms with Gasteiger partial charge in [-0.25, -0.2) is 5.06 Å². The molecule has 1 unspecified atom stereocenters.